The third kappa shape index (κ3) is 10.4. The Morgan fingerprint density at radius 3 is 2.33 bits per heavy atom. The molecule has 4 aliphatic rings. The Balaban J connectivity index is 1.55. The van der Waals surface area contributed by atoms with Crippen LogP contribution in [0, 0.1) is 35.5 Å². The second kappa shape index (κ2) is 19.8. The molecule has 55 heavy (non-hydrogen) atoms. The van der Waals surface area contributed by atoms with Crippen molar-refractivity contribution in [3.63, 3.8) is 0 Å². The lowest BCUT2D eigenvalue weighted by Gasteiger charge is -2.39. The molecule has 0 aromatic rings. The topological polar surface area (TPSA) is 181 Å². The quantitative estimate of drug-likeness (QED) is 0.0652. The van der Waals surface area contributed by atoms with Gasteiger partial charge < -0.3 is 49.2 Å². The van der Waals surface area contributed by atoms with Gasteiger partial charge in [0, 0.05) is 32.2 Å². The van der Waals surface area contributed by atoms with E-state index in [1.165, 1.54) is 7.11 Å². The zero-order chi connectivity index (χ0) is 40.8. The molecule has 0 spiro atoms. The van der Waals surface area contributed by atoms with Crippen molar-refractivity contribution in [2.24, 2.45) is 35.5 Å². The van der Waals surface area contributed by atoms with Gasteiger partial charge in [0.15, 0.2) is 17.1 Å². The van der Waals surface area contributed by atoms with Crippen molar-refractivity contribution in [2.45, 2.75) is 148 Å². The summed E-state index contributed by atoms with van der Waals surface area (Å²) in [6.45, 7) is 16.8. The first-order valence-electron chi connectivity index (χ1n) is 20.3. The lowest BCUT2D eigenvalue weighted by molar-refractivity contribution is -0.139. The highest BCUT2D eigenvalue weighted by Crippen LogP contribution is 2.45. The number of ether oxygens (including phenoxy) is 5. The number of cyclic esters (lactones) is 1. The van der Waals surface area contributed by atoms with Crippen molar-refractivity contribution in [3.8, 4) is 0 Å². The maximum absolute atomic E-state index is 13.9. The van der Waals surface area contributed by atoms with Crippen LogP contribution in [0.3, 0.4) is 0 Å². The minimum absolute atomic E-state index is 0.0132. The van der Waals surface area contributed by atoms with Gasteiger partial charge in [-0.15, -0.1) is 0 Å². The summed E-state index contributed by atoms with van der Waals surface area (Å²) in [5.41, 5.74) is 0.709. The van der Waals surface area contributed by atoms with Crippen molar-refractivity contribution in [2.75, 3.05) is 26.9 Å². The van der Waals surface area contributed by atoms with E-state index < -0.39 is 78.0 Å². The maximum Gasteiger partial charge on any atom is 0.351 e. The molecule has 12 atom stereocenters. The van der Waals surface area contributed by atoms with Crippen LogP contribution in [-0.4, -0.2) is 113 Å². The van der Waals surface area contributed by atoms with Gasteiger partial charge >= 0.3 is 5.97 Å². The molecule has 12 nitrogen and oxygen atoms in total. The van der Waals surface area contributed by atoms with E-state index >= 15 is 0 Å². The van der Waals surface area contributed by atoms with Crippen LogP contribution in [0.15, 0.2) is 47.0 Å². The normalized spacial score (nSPS) is 33.1. The van der Waals surface area contributed by atoms with Crippen LogP contribution in [0.5, 0.6) is 0 Å². The summed E-state index contributed by atoms with van der Waals surface area (Å²) >= 11 is 0. The van der Waals surface area contributed by atoms with Gasteiger partial charge in [0.1, 0.15) is 6.10 Å². The largest absolute Gasteiger partial charge is 0.504 e. The lowest BCUT2D eigenvalue weighted by atomic mass is 9.72. The number of carbonyl (C=O) groups is 2. The molecular weight excluding hydrogens is 708 g/mol. The minimum atomic E-state index is -1.35. The molecular formula is C43H68O12. The molecule has 3 fully saturated rings. The molecule has 4 rings (SSSR count). The number of rotatable bonds is 19. The standard InChI is InChI=1S/C43H68O12/c1-10-31(47)34-15-16-35(53-34)43(8)19-26(6)32(55-43)13-11-24(4)40-25(5)12-14-33(54-40)29(20-44)18-28(17-23(2)3)36(30(21-45)22-46)41(51-9)39(49)37-38(48)27(7)52-42(37)50/h11,18,23,25-26,28,30-36,40-41,44-48H,7,10,12-17,19-22H2,1-6,8-9H3/b24-11+,29-18+. The predicted molar refractivity (Wildman–Crippen MR) is 207 cm³/mol. The molecule has 0 aliphatic carbocycles. The number of aliphatic hydroxyl groups excluding tert-OH is 5. The second-order valence-corrected chi connectivity index (χ2v) is 17.1. The molecule has 0 saturated carbocycles. The highest BCUT2D eigenvalue weighted by Gasteiger charge is 2.50. The van der Waals surface area contributed by atoms with Crippen molar-refractivity contribution in [1.29, 1.82) is 0 Å². The molecule has 0 bridgehead atoms. The Bertz CT molecular complexity index is 1430. The Labute approximate surface area is 327 Å². The number of allylic oxidation sites excluding steroid dienone is 1. The monoisotopic (exact) mass is 776 g/mol. The molecule has 0 aromatic carbocycles. The van der Waals surface area contributed by atoms with Crippen molar-refractivity contribution < 1.29 is 58.8 Å². The van der Waals surface area contributed by atoms with Gasteiger partial charge in [-0.2, -0.15) is 0 Å². The molecule has 0 amide bonds. The first-order chi connectivity index (χ1) is 26.0. The highest BCUT2D eigenvalue weighted by molar-refractivity contribution is 6.21. The van der Waals surface area contributed by atoms with E-state index in [9.17, 15) is 35.1 Å². The SMILES string of the molecule is C=C1OC(=O)C(C(=O)C(OC)C(C(/C=C(\CO)C2CCC(C)C(/C(C)=C/CC3OC(C)(C4CCC(C(O)CC)O4)CC3C)O2)CC(C)C)C(CO)CO)=C1O. The van der Waals surface area contributed by atoms with Crippen LogP contribution < -0.4 is 0 Å². The van der Waals surface area contributed by atoms with Crippen molar-refractivity contribution >= 4 is 11.8 Å². The number of hydrogen-bond acceptors (Lipinski definition) is 12. The van der Waals surface area contributed by atoms with Crippen LogP contribution in [0.1, 0.15) is 99.8 Å². The van der Waals surface area contributed by atoms with Crippen molar-refractivity contribution in [1.82, 2.24) is 0 Å². The molecule has 3 saturated heterocycles. The van der Waals surface area contributed by atoms with E-state index in [2.05, 4.69) is 40.3 Å². The minimum Gasteiger partial charge on any atom is -0.504 e. The predicted octanol–water partition coefficient (Wildman–Crippen LogP) is 5.27. The number of Topliss-reactive ketones (excluding diaryl/α,β-unsaturated/α-hetero) is 1. The summed E-state index contributed by atoms with van der Waals surface area (Å²) in [5.74, 6) is -4.46. The van der Waals surface area contributed by atoms with E-state index in [1.807, 2.05) is 26.8 Å². The summed E-state index contributed by atoms with van der Waals surface area (Å²) in [7, 11) is 1.30. The third-order valence-corrected chi connectivity index (χ3v) is 12.5. The van der Waals surface area contributed by atoms with Crippen LogP contribution in [0.25, 0.3) is 0 Å². The Morgan fingerprint density at radius 1 is 1.07 bits per heavy atom. The molecule has 312 valence electrons. The van der Waals surface area contributed by atoms with Crippen molar-refractivity contribution in [3.05, 3.63) is 47.0 Å². The van der Waals surface area contributed by atoms with E-state index in [0.717, 1.165) is 37.7 Å². The number of methoxy groups -OCH3 is 1. The summed E-state index contributed by atoms with van der Waals surface area (Å²) in [4.78, 5) is 26.5. The first-order valence-corrected chi connectivity index (χ1v) is 20.3. The summed E-state index contributed by atoms with van der Waals surface area (Å²) in [5, 5.41) is 52.5. The Hall–Kier alpha value is -2.42. The average Bonchev–Trinajstić information content (AvgIpc) is 3.84. The van der Waals surface area contributed by atoms with Crippen LogP contribution >= 0.6 is 0 Å². The number of esters is 1. The van der Waals surface area contributed by atoms with E-state index in [4.69, 9.17) is 23.7 Å². The van der Waals surface area contributed by atoms with E-state index in [0.29, 0.717) is 30.8 Å². The smallest absolute Gasteiger partial charge is 0.351 e. The highest BCUT2D eigenvalue weighted by atomic mass is 16.6. The molecule has 0 radical (unpaired) electrons. The number of carbonyl (C=O) groups excluding carboxylic acids is 2. The number of aliphatic hydroxyl groups is 5. The molecule has 12 unspecified atom stereocenters. The molecule has 0 aromatic heterocycles. The number of ketones is 1. The third-order valence-electron chi connectivity index (χ3n) is 12.5. The van der Waals surface area contributed by atoms with E-state index in [1.54, 1.807) is 0 Å². The van der Waals surface area contributed by atoms with Gasteiger partial charge in [0.2, 0.25) is 5.78 Å². The average molecular weight is 777 g/mol. The zero-order valence-corrected chi connectivity index (χ0v) is 34.2. The van der Waals surface area contributed by atoms with Gasteiger partial charge in [-0.05, 0) is 100 Å². The molecule has 4 heterocycles. The van der Waals surface area contributed by atoms with Crippen LogP contribution in [-0.2, 0) is 33.3 Å². The lowest BCUT2D eigenvalue weighted by Crippen LogP contribution is -2.45. The molecule has 4 aliphatic heterocycles. The summed E-state index contributed by atoms with van der Waals surface area (Å²) in [6, 6.07) is 0. The van der Waals surface area contributed by atoms with Crippen LogP contribution in [0.2, 0.25) is 0 Å². The number of hydrogen-bond donors (Lipinski definition) is 5. The van der Waals surface area contributed by atoms with Gasteiger partial charge in [-0.25, -0.2) is 4.79 Å². The fourth-order valence-electron chi connectivity index (χ4n) is 9.40. The summed E-state index contributed by atoms with van der Waals surface area (Å²) < 4.78 is 30.4. The Kier molecular flexibility index (Phi) is 16.3. The van der Waals surface area contributed by atoms with E-state index in [-0.39, 0.29) is 48.6 Å². The second-order valence-electron chi connectivity index (χ2n) is 17.1. The van der Waals surface area contributed by atoms with Gasteiger partial charge in [0.05, 0.1) is 48.8 Å². The fraction of sp³-hybridized carbons (Fsp3) is 0.767. The first kappa shape index (κ1) is 45.3. The van der Waals surface area contributed by atoms with Gasteiger partial charge in [0.25, 0.3) is 0 Å². The Morgan fingerprint density at radius 2 is 1.76 bits per heavy atom. The fourth-order valence-corrected chi connectivity index (χ4v) is 9.40. The molecule has 12 heteroatoms. The maximum atomic E-state index is 13.9. The summed E-state index contributed by atoms with van der Waals surface area (Å²) in [6.07, 6.45) is 7.46. The van der Waals surface area contributed by atoms with Crippen LogP contribution in [0.4, 0.5) is 0 Å². The van der Waals surface area contributed by atoms with Gasteiger partial charge in [-0.1, -0.05) is 53.3 Å². The zero-order valence-electron chi connectivity index (χ0n) is 34.2. The van der Waals surface area contributed by atoms with Gasteiger partial charge in [-0.3, -0.25) is 4.79 Å². The molecule has 5 N–H and O–H groups in total.